The lowest BCUT2D eigenvalue weighted by molar-refractivity contribution is -0.113. The summed E-state index contributed by atoms with van der Waals surface area (Å²) in [6, 6.07) is 19.5. The highest BCUT2D eigenvalue weighted by atomic mass is 35.5. The molecule has 1 amide bonds. The first kappa shape index (κ1) is 24.7. The minimum absolute atomic E-state index is 0.251. The van der Waals surface area contributed by atoms with Crippen molar-refractivity contribution < 1.29 is 14.3 Å². The highest BCUT2D eigenvalue weighted by Crippen LogP contribution is 2.36. The molecule has 1 aromatic heterocycles. The number of nitrogens with zero attached hydrogens (tertiary/aromatic N) is 3. The molecule has 0 radical (unpaired) electrons. The van der Waals surface area contributed by atoms with Crippen molar-refractivity contribution >= 4 is 40.7 Å². The molecule has 0 unspecified atom stereocenters. The normalized spacial score (nSPS) is 14.5. The lowest BCUT2D eigenvalue weighted by Gasteiger charge is -2.28. The summed E-state index contributed by atoms with van der Waals surface area (Å²) in [5, 5.41) is 11.7. The van der Waals surface area contributed by atoms with Gasteiger partial charge in [-0.25, -0.2) is 4.68 Å². The number of ether oxygens (including phenoxy) is 2. The van der Waals surface area contributed by atoms with Gasteiger partial charge in [0.1, 0.15) is 30.5 Å². The Labute approximate surface area is 223 Å². The Bertz CT molecular complexity index is 1470. The van der Waals surface area contributed by atoms with Gasteiger partial charge in [-0.15, -0.1) is 0 Å². The first-order valence-electron chi connectivity index (χ1n) is 11.4. The molecule has 1 atom stereocenters. The highest BCUT2D eigenvalue weighted by Gasteiger charge is 2.33. The van der Waals surface area contributed by atoms with Crippen LogP contribution in [0.15, 0.2) is 84.3 Å². The fourth-order valence-corrected chi connectivity index (χ4v) is 4.58. The van der Waals surface area contributed by atoms with Crippen LogP contribution < -0.4 is 20.1 Å². The van der Waals surface area contributed by atoms with Crippen molar-refractivity contribution in [3.63, 3.8) is 0 Å². The van der Waals surface area contributed by atoms with E-state index < -0.39 is 6.04 Å². The minimum atomic E-state index is -0.489. The fourth-order valence-electron chi connectivity index (χ4n) is 4.11. The van der Waals surface area contributed by atoms with Crippen LogP contribution in [-0.4, -0.2) is 27.8 Å². The predicted octanol–water partition coefficient (Wildman–Crippen LogP) is 6.10. The number of halogens is 2. The molecule has 0 saturated heterocycles. The molecule has 0 saturated carbocycles. The van der Waals surface area contributed by atoms with Gasteiger partial charge in [0.2, 0.25) is 5.95 Å². The SMILES string of the molecule is COc1ccc(NC(=O)C2=C(C)Nc3ncnn3[C@H]2c2ccc(OCc3ccc(Cl)cc3Cl)cc2)cc1. The van der Waals surface area contributed by atoms with Gasteiger partial charge in [-0.05, 0) is 61.0 Å². The molecule has 0 fully saturated rings. The van der Waals surface area contributed by atoms with Crippen molar-refractivity contribution in [3.05, 3.63) is 105 Å². The van der Waals surface area contributed by atoms with E-state index in [2.05, 4.69) is 20.7 Å². The molecule has 3 aromatic carbocycles. The van der Waals surface area contributed by atoms with E-state index in [9.17, 15) is 4.79 Å². The third kappa shape index (κ3) is 5.26. The van der Waals surface area contributed by atoms with Crippen LogP contribution in [0.5, 0.6) is 11.5 Å². The maximum atomic E-state index is 13.5. The second-order valence-corrected chi connectivity index (χ2v) is 9.21. The molecule has 4 aromatic rings. The average molecular weight is 536 g/mol. The second-order valence-electron chi connectivity index (χ2n) is 8.37. The molecule has 5 rings (SSSR count). The number of nitrogens with one attached hydrogen (secondary N) is 2. The zero-order chi connectivity index (χ0) is 25.9. The average Bonchev–Trinajstić information content (AvgIpc) is 3.36. The zero-order valence-electron chi connectivity index (χ0n) is 20.0. The molecule has 1 aliphatic heterocycles. The summed E-state index contributed by atoms with van der Waals surface area (Å²) in [7, 11) is 1.60. The summed E-state index contributed by atoms with van der Waals surface area (Å²) in [6.45, 7) is 2.14. The van der Waals surface area contributed by atoms with Gasteiger partial charge in [0.05, 0.1) is 12.7 Å². The molecule has 2 heterocycles. The van der Waals surface area contributed by atoms with Crippen LogP contribution in [0.1, 0.15) is 24.1 Å². The standard InChI is InChI=1S/C27H23Cl2N5O3/c1-16-24(26(35)33-20-7-11-21(36-2)12-8-20)25(34-27(32-16)30-15-31-34)17-4-9-22(10-5-17)37-14-18-3-6-19(28)13-23(18)29/h3-13,15,25H,14H2,1-2H3,(H,33,35)(H,30,31,32)/t25-/m0/s1. The number of fused-ring (bicyclic) bond motifs is 1. The molecular formula is C27H23Cl2N5O3. The largest absolute Gasteiger partial charge is 0.497 e. The molecule has 2 N–H and O–H groups in total. The quantitative estimate of drug-likeness (QED) is 0.297. The highest BCUT2D eigenvalue weighted by molar-refractivity contribution is 6.35. The van der Waals surface area contributed by atoms with Crippen molar-refractivity contribution in [2.75, 3.05) is 17.7 Å². The molecule has 1 aliphatic rings. The van der Waals surface area contributed by atoms with E-state index in [1.807, 2.05) is 37.3 Å². The Balaban J connectivity index is 1.39. The van der Waals surface area contributed by atoms with Gasteiger partial charge in [0, 0.05) is 27.0 Å². The summed E-state index contributed by atoms with van der Waals surface area (Å²) in [5.74, 6) is 1.67. The lowest BCUT2D eigenvalue weighted by Crippen LogP contribution is -2.31. The summed E-state index contributed by atoms with van der Waals surface area (Å²) >= 11 is 12.2. The number of methoxy groups -OCH3 is 1. The number of anilines is 2. The number of benzene rings is 3. The Morgan fingerprint density at radius 3 is 2.49 bits per heavy atom. The Kier molecular flexibility index (Phi) is 7.03. The van der Waals surface area contributed by atoms with E-state index in [4.69, 9.17) is 32.7 Å². The van der Waals surface area contributed by atoms with Gasteiger partial charge >= 0.3 is 0 Å². The van der Waals surface area contributed by atoms with Crippen molar-refractivity contribution in [1.29, 1.82) is 0 Å². The second kappa shape index (κ2) is 10.5. The van der Waals surface area contributed by atoms with Crippen LogP contribution in [0.2, 0.25) is 10.0 Å². The number of carbonyl (C=O) groups excluding carboxylic acids is 1. The molecule has 0 spiro atoms. The van der Waals surface area contributed by atoms with Gasteiger partial charge < -0.3 is 20.1 Å². The number of rotatable bonds is 7. The van der Waals surface area contributed by atoms with E-state index in [0.29, 0.717) is 51.1 Å². The van der Waals surface area contributed by atoms with Gasteiger partial charge in [-0.2, -0.15) is 10.1 Å². The third-order valence-electron chi connectivity index (χ3n) is 5.99. The molecule has 37 heavy (non-hydrogen) atoms. The lowest BCUT2D eigenvalue weighted by atomic mass is 9.95. The summed E-state index contributed by atoms with van der Waals surface area (Å²) < 4.78 is 12.8. The van der Waals surface area contributed by atoms with E-state index in [1.54, 1.807) is 48.2 Å². The Morgan fingerprint density at radius 2 is 1.78 bits per heavy atom. The monoisotopic (exact) mass is 535 g/mol. The van der Waals surface area contributed by atoms with Gasteiger partial charge in [0.15, 0.2) is 0 Å². The van der Waals surface area contributed by atoms with Gasteiger partial charge in [-0.1, -0.05) is 41.4 Å². The summed E-state index contributed by atoms with van der Waals surface area (Å²) in [4.78, 5) is 17.8. The van der Waals surface area contributed by atoms with Crippen LogP contribution in [0.4, 0.5) is 11.6 Å². The molecule has 0 aliphatic carbocycles. The molecule has 8 nitrogen and oxygen atoms in total. The molecule has 0 bridgehead atoms. The Hall–Kier alpha value is -4.01. The maximum absolute atomic E-state index is 13.5. The van der Waals surface area contributed by atoms with Crippen LogP contribution in [0, 0.1) is 0 Å². The van der Waals surface area contributed by atoms with Crippen molar-refractivity contribution in [3.8, 4) is 11.5 Å². The molecular weight excluding hydrogens is 513 g/mol. The number of hydrogen-bond donors (Lipinski definition) is 2. The number of aromatic nitrogens is 3. The minimum Gasteiger partial charge on any atom is -0.497 e. The zero-order valence-corrected chi connectivity index (χ0v) is 21.5. The number of hydrogen-bond acceptors (Lipinski definition) is 6. The first-order chi connectivity index (χ1) is 17.9. The van der Waals surface area contributed by atoms with Crippen molar-refractivity contribution in [2.24, 2.45) is 0 Å². The smallest absolute Gasteiger partial charge is 0.255 e. The number of allylic oxidation sites excluding steroid dienone is 1. The van der Waals surface area contributed by atoms with Crippen molar-refractivity contribution in [2.45, 2.75) is 19.6 Å². The number of amides is 1. The summed E-state index contributed by atoms with van der Waals surface area (Å²) in [5.41, 5.74) is 3.55. The molecule has 10 heteroatoms. The van der Waals surface area contributed by atoms with Crippen LogP contribution in [0.25, 0.3) is 0 Å². The fraction of sp³-hybridized carbons (Fsp3) is 0.148. The number of carbonyl (C=O) groups is 1. The first-order valence-corrected chi connectivity index (χ1v) is 12.2. The molecule has 188 valence electrons. The maximum Gasteiger partial charge on any atom is 0.255 e. The van der Waals surface area contributed by atoms with E-state index >= 15 is 0 Å². The van der Waals surface area contributed by atoms with Crippen LogP contribution in [0.3, 0.4) is 0 Å². The topological polar surface area (TPSA) is 90.3 Å². The van der Waals surface area contributed by atoms with E-state index in [1.165, 1.54) is 6.33 Å². The Morgan fingerprint density at radius 1 is 1.05 bits per heavy atom. The summed E-state index contributed by atoms with van der Waals surface area (Å²) in [6.07, 6.45) is 1.46. The third-order valence-corrected chi connectivity index (χ3v) is 6.58. The van der Waals surface area contributed by atoms with Gasteiger partial charge in [-0.3, -0.25) is 4.79 Å². The van der Waals surface area contributed by atoms with E-state index in [-0.39, 0.29) is 5.91 Å². The predicted molar refractivity (Wildman–Crippen MR) is 143 cm³/mol. The van der Waals surface area contributed by atoms with Crippen molar-refractivity contribution in [1.82, 2.24) is 14.8 Å². The van der Waals surface area contributed by atoms with Crippen LogP contribution >= 0.6 is 23.2 Å². The van der Waals surface area contributed by atoms with Gasteiger partial charge in [0.25, 0.3) is 5.91 Å². The van der Waals surface area contributed by atoms with Crippen LogP contribution in [-0.2, 0) is 11.4 Å². The van der Waals surface area contributed by atoms with E-state index in [0.717, 1.165) is 11.1 Å².